The van der Waals surface area contributed by atoms with Crippen LogP contribution in [-0.4, -0.2) is 9.78 Å². The first-order chi connectivity index (χ1) is 8.90. The van der Waals surface area contributed by atoms with E-state index in [-0.39, 0.29) is 5.69 Å². The molecule has 0 fully saturated rings. The standard InChI is InChI=1S/C13H14BrF2N3/c1-7-10(8(2)19(3)18-7)6-17-13-11(14)4-9(15)5-12(13)16/h4-5,17H,6H2,1-3H3. The zero-order valence-corrected chi connectivity index (χ0v) is 12.5. The lowest BCUT2D eigenvalue weighted by Crippen LogP contribution is -2.05. The minimum Gasteiger partial charge on any atom is -0.378 e. The minimum absolute atomic E-state index is 0.254. The maximum Gasteiger partial charge on any atom is 0.150 e. The molecule has 2 aromatic rings. The number of hydrogen-bond acceptors (Lipinski definition) is 2. The zero-order chi connectivity index (χ0) is 14.2. The van der Waals surface area contributed by atoms with Crippen LogP contribution in [0.3, 0.4) is 0 Å². The Balaban J connectivity index is 2.24. The minimum atomic E-state index is -0.619. The lowest BCUT2D eigenvalue weighted by Gasteiger charge is -2.10. The van der Waals surface area contributed by atoms with Crippen LogP contribution >= 0.6 is 15.9 Å². The molecule has 0 saturated heterocycles. The lowest BCUT2D eigenvalue weighted by atomic mass is 10.2. The number of nitrogens with one attached hydrogen (secondary N) is 1. The number of anilines is 1. The van der Waals surface area contributed by atoms with Crippen molar-refractivity contribution in [2.75, 3.05) is 5.32 Å². The molecular formula is C13H14BrF2N3. The molecule has 0 radical (unpaired) electrons. The van der Waals surface area contributed by atoms with Crippen LogP contribution in [0.1, 0.15) is 17.0 Å². The van der Waals surface area contributed by atoms with Crippen LogP contribution < -0.4 is 5.32 Å². The number of aromatic nitrogens is 2. The van der Waals surface area contributed by atoms with Gasteiger partial charge in [-0.05, 0) is 35.8 Å². The van der Waals surface area contributed by atoms with Crippen LogP contribution in [0.15, 0.2) is 16.6 Å². The first kappa shape index (κ1) is 14.0. The number of halogens is 3. The van der Waals surface area contributed by atoms with Crippen LogP contribution in [0.4, 0.5) is 14.5 Å². The summed E-state index contributed by atoms with van der Waals surface area (Å²) in [5, 5.41) is 7.27. The number of nitrogens with zero attached hydrogens (tertiary/aromatic N) is 2. The van der Waals surface area contributed by atoms with E-state index >= 15 is 0 Å². The van der Waals surface area contributed by atoms with Gasteiger partial charge in [0.2, 0.25) is 0 Å². The number of aryl methyl sites for hydroxylation is 2. The molecule has 0 spiro atoms. The van der Waals surface area contributed by atoms with Gasteiger partial charge in [0.15, 0.2) is 0 Å². The van der Waals surface area contributed by atoms with Crippen LogP contribution in [0, 0.1) is 25.5 Å². The van der Waals surface area contributed by atoms with Gasteiger partial charge in [-0.1, -0.05) is 0 Å². The summed E-state index contributed by atoms with van der Waals surface area (Å²) in [5.41, 5.74) is 3.18. The molecule has 1 heterocycles. The van der Waals surface area contributed by atoms with Gasteiger partial charge in [0.05, 0.1) is 11.4 Å². The molecular weight excluding hydrogens is 316 g/mol. The second kappa shape index (κ2) is 5.28. The van der Waals surface area contributed by atoms with E-state index in [9.17, 15) is 8.78 Å². The second-order valence-corrected chi connectivity index (χ2v) is 5.23. The van der Waals surface area contributed by atoms with E-state index in [4.69, 9.17) is 0 Å². The highest BCUT2D eigenvalue weighted by molar-refractivity contribution is 9.10. The highest BCUT2D eigenvalue weighted by Gasteiger charge is 2.13. The van der Waals surface area contributed by atoms with E-state index in [1.165, 1.54) is 6.07 Å². The molecule has 1 N–H and O–H groups in total. The molecule has 3 nitrogen and oxygen atoms in total. The highest BCUT2D eigenvalue weighted by Crippen LogP contribution is 2.27. The predicted molar refractivity (Wildman–Crippen MR) is 74.1 cm³/mol. The van der Waals surface area contributed by atoms with Crippen molar-refractivity contribution in [3.8, 4) is 0 Å². The molecule has 6 heteroatoms. The van der Waals surface area contributed by atoms with Gasteiger partial charge in [-0.15, -0.1) is 0 Å². The molecule has 2 rings (SSSR count). The first-order valence-electron chi connectivity index (χ1n) is 5.77. The fraction of sp³-hybridized carbons (Fsp3) is 0.308. The van der Waals surface area contributed by atoms with Crippen molar-refractivity contribution < 1.29 is 8.78 Å². The first-order valence-corrected chi connectivity index (χ1v) is 6.57. The van der Waals surface area contributed by atoms with Crippen LogP contribution in [0.2, 0.25) is 0 Å². The molecule has 0 aliphatic rings. The summed E-state index contributed by atoms with van der Waals surface area (Å²) in [6.07, 6.45) is 0. The predicted octanol–water partition coefficient (Wildman–Crippen LogP) is 3.69. The SMILES string of the molecule is Cc1nn(C)c(C)c1CNc1c(F)cc(F)cc1Br. The largest absolute Gasteiger partial charge is 0.378 e. The molecule has 0 saturated carbocycles. The van der Waals surface area contributed by atoms with Gasteiger partial charge in [-0.2, -0.15) is 5.10 Å². The fourth-order valence-electron chi connectivity index (χ4n) is 1.96. The van der Waals surface area contributed by atoms with E-state index in [0.717, 1.165) is 23.0 Å². The van der Waals surface area contributed by atoms with E-state index in [2.05, 4.69) is 26.3 Å². The molecule has 0 amide bonds. The van der Waals surface area contributed by atoms with Crippen molar-refractivity contribution in [1.82, 2.24) is 9.78 Å². The average molecular weight is 330 g/mol. The third kappa shape index (κ3) is 2.78. The summed E-state index contributed by atoms with van der Waals surface area (Å²) in [7, 11) is 1.86. The third-order valence-electron chi connectivity index (χ3n) is 3.11. The molecule has 0 atom stereocenters. The molecule has 0 aliphatic heterocycles. The van der Waals surface area contributed by atoms with Gasteiger partial charge in [-0.25, -0.2) is 8.78 Å². The molecule has 1 aromatic carbocycles. The van der Waals surface area contributed by atoms with Crippen molar-refractivity contribution in [3.63, 3.8) is 0 Å². The molecule has 0 unspecified atom stereocenters. The Kier molecular flexibility index (Phi) is 3.89. The Labute approximate surface area is 118 Å². The van der Waals surface area contributed by atoms with Crippen molar-refractivity contribution in [2.24, 2.45) is 7.05 Å². The molecule has 102 valence electrons. The van der Waals surface area contributed by atoms with Crippen molar-refractivity contribution in [2.45, 2.75) is 20.4 Å². The Morgan fingerprint density at radius 1 is 1.32 bits per heavy atom. The van der Waals surface area contributed by atoms with Gasteiger partial charge < -0.3 is 5.32 Å². The fourth-order valence-corrected chi connectivity index (χ4v) is 2.51. The second-order valence-electron chi connectivity index (χ2n) is 4.37. The van der Waals surface area contributed by atoms with Crippen LogP contribution in [0.25, 0.3) is 0 Å². The molecule has 1 aromatic heterocycles. The Morgan fingerprint density at radius 2 is 2.00 bits per heavy atom. The number of hydrogen-bond donors (Lipinski definition) is 1. The quantitative estimate of drug-likeness (QED) is 0.930. The normalized spacial score (nSPS) is 10.8. The topological polar surface area (TPSA) is 29.9 Å². The summed E-state index contributed by atoms with van der Waals surface area (Å²) in [6.45, 7) is 4.29. The zero-order valence-electron chi connectivity index (χ0n) is 10.9. The van der Waals surface area contributed by atoms with Gasteiger partial charge in [0, 0.05) is 35.4 Å². The van der Waals surface area contributed by atoms with E-state index in [1.807, 2.05) is 20.9 Å². The smallest absolute Gasteiger partial charge is 0.150 e. The summed E-state index contributed by atoms with van der Waals surface area (Å²) in [5.74, 6) is -1.23. The highest BCUT2D eigenvalue weighted by atomic mass is 79.9. The Bertz CT molecular complexity index is 600. The van der Waals surface area contributed by atoms with Crippen molar-refractivity contribution >= 4 is 21.6 Å². The Morgan fingerprint density at radius 3 is 2.53 bits per heavy atom. The van der Waals surface area contributed by atoms with E-state index < -0.39 is 11.6 Å². The summed E-state index contributed by atoms with van der Waals surface area (Å²) in [4.78, 5) is 0. The van der Waals surface area contributed by atoms with E-state index in [0.29, 0.717) is 11.0 Å². The molecule has 0 aliphatic carbocycles. The van der Waals surface area contributed by atoms with Crippen molar-refractivity contribution in [3.05, 3.63) is 45.2 Å². The number of benzene rings is 1. The van der Waals surface area contributed by atoms with Gasteiger partial charge >= 0.3 is 0 Å². The Hall–Kier alpha value is -1.43. The molecule has 19 heavy (non-hydrogen) atoms. The van der Waals surface area contributed by atoms with Crippen LogP contribution in [-0.2, 0) is 13.6 Å². The third-order valence-corrected chi connectivity index (χ3v) is 3.73. The van der Waals surface area contributed by atoms with E-state index in [1.54, 1.807) is 4.68 Å². The van der Waals surface area contributed by atoms with Crippen molar-refractivity contribution in [1.29, 1.82) is 0 Å². The van der Waals surface area contributed by atoms with Gasteiger partial charge in [-0.3, -0.25) is 4.68 Å². The average Bonchev–Trinajstić information content (AvgIpc) is 2.53. The maximum atomic E-state index is 13.7. The summed E-state index contributed by atoms with van der Waals surface area (Å²) >= 11 is 3.15. The van der Waals surface area contributed by atoms with Crippen LogP contribution in [0.5, 0.6) is 0 Å². The van der Waals surface area contributed by atoms with Gasteiger partial charge in [0.1, 0.15) is 11.6 Å². The maximum absolute atomic E-state index is 13.7. The summed E-state index contributed by atoms with van der Waals surface area (Å²) in [6, 6.07) is 2.09. The van der Waals surface area contributed by atoms with Gasteiger partial charge in [0.25, 0.3) is 0 Å². The monoisotopic (exact) mass is 329 g/mol. The summed E-state index contributed by atoms with van der Waals surface area (Å²) < 4.78 is 28.8. The lowest BCUT2D eigenvalue weighted by molar-refractivity contribution is 0.583. The molecule has 0 bridgehead atoms. The number of rotatable bonds is 3.